The van der Waals surface area contributed by atoms with E-state index in [-0.39, 0.29) is 0 Å². The molecule has 1 aromatic rings. The van der Waals surface area contributed by atoms with Crippen LogP contribution in [-0.4, -0.2) is 16.5 Å². The van der Waals surface area contributed by atoms with Gasteiger partial charge in [-0.15, -0.1) is 0 Å². The van der Waals surface area contributed by atoms with Gasteiger partial charge in [0.05, 0.1) is 0 Å². The van der Waals surface area contributed by atoms with E-state index in [0.717, 1.165) is 10.8 Å². The molecular weight excluding hydrogens is 242 g/mol. The Balaban J connectivity index is 1.95. The normalized spacial score (nSPS) is 21.1. The molecule has 0 aliphatic heterocycles. The van der Waals surface area contributed by atoms with E-state index in [1.807, 2.05) is 12.1 Å². The first kappa shape index (κ1) is 13.8. The molecule has 0 spiro atoms. The Morgan fingerprint density at radius 3 is 2.28 bits per heavy atom. The van der Waals surface area contributed by atoms with Crippen LogP contribution in [0.1, 0.15) is 44.7 Å². The van der Waals surface area contributed by atoms with Gasteiger partial charge in [-0.05, 0) is 50.3 Å². The summed E-state index contributed by atoms with van der Waals surface area (Å²) in [5.74, 6) is 0.856. The van der Waals surface area contributed by atoms with Gasteiger partial charge >= 0.3 is 0 Å². The summed E-state index contributed by atoms with van der Waals surface area (Å²) in [7, 11) is -0.881. The molecule has 2 nitrogen and oxygen atoms in total. The van der Waals surface area contributed by atoms with Crippen LogP contribution in [0.15, 0.2) is 29.2 Å². The van der Waals surface area contributed by atoms with Gasteiger partial charge < -0.3 is 5.32 Å². The van der Waals surface area contributed by atoms with Crippen molar-refractivity contribution in [3.63, 3.8) is 0 Å². The minimum absolute atomic E-state index is 0.361. The van der Waals surface area contributed by atoms with Gasteiger partial charge in [-0.2, -0.15) is 0 Å². The molecule has 0 heterocycles. The lowest BCUT2D eigenvalue weighted by Gasteiger charge is -2.34. The van der Waals surface area contributed by atoms with Crippen molar-refractivity contribution in [2.75, 3.05) is 6.26 Å². The minimum Gasteiger partial charge on any atom is -0.307 e. The monoisotopic (exact) mass is 265 g/mol. The molecule has 3 heteroatoms. The Kier molecular flexibility index (Phi) is 4.57. The van der Waals surface area contributed by atoms with Crippen LogP contribution in [0.25, 0.3) is 0 Å². The average Bonchev–Trinajstić information content (AvgIpc) is 2.26. The molecule has 18 heavy (non-hydrogen) atoms. The van der Waals surface area contributed by atoms with Crippen molar-refractivity contribution in [2.24, 2.45) is 5.92 Å². The Morgan fingerprint density at radius 2 is 1.83 bits per heavy atom. The van der Waals surface area contributed by atoms with Crippen LogP contribution in [0.3, 0.4) is 0 Å². The lowest BCUT2D eigenvalue weighted by molar-refractivity contribution is 0.230. The second kappa shape index (κ2) is 5.98. The maximum Gasteiger partial charge on any atom is 0.0498 e. The van der Waals surface area contributed by atoms with E-state index in [2.05, 4.69) is 31.3 Å². The molecular formula is C15H23NOS. The van der Waals surface area contributed by atoms with Crippen molar-refractivity contribution >= 4 is 10.8 Å². The van der Waals surface area contributed by atoms with E-state index in [1.165, 1.54) is 24.8 Å². The van der Waals surface area contributed by atoms with Gasteiger partial charge in [0, 0.05) is 34.0 Å². The van der Waals surface area contributed by atoms with Crippen molar-refractivity contribution < 1.29 is 4.21 Å². The Bertz CT molecular complexity index is 411. The zero-order valence-electron chi connectivity index (χ0n) is 11.5. The van der Waals surface area contributed by atoms with Crippen molar-refractivity contribution in [3.05, 3.63) is 29.8 Å². The molecule has 1 aromatic carbocycles. The van der Waals surface area contributed by atoms with Gasteiger partial charge in [0.25, 0.3) is 0 Å². The molecule has 100 valence electrons. The highest BCUT2D eigenvalue weighted by atomic mass is 32.2. The lowest BCUT2D eigenvalue weighted by Crippen LogP contribution is -2.38. The second-order valence-electron chi connectivity index (χ2n) is 5.39. The molecule has 0 aromatic heterocycles. The summed E-state index contributed by atoms with van der Waals surface area (Å²) < 4.78 is 11.3. The molecule has 0 saturated heterocycles. The molecule has 1 aliphatic rings. The number of hydrogen-bond acceptors (Lipinski definition) is 2. The van der Waals surface area contributed by atoms with E-state index >= 15 is 0 Å². The van der Waals surface area contributed by atoms with Crippen LogP contribution in [-0.2, 0) is 10.8 Å². The molecule has 3 atom stereocenters. The third kappa shape index (κ3) is 3.21. The van der Waals surface area contributed by atoms with Crippen LogP contribution >= 0.6 is 0 Å². The van der Waals surface area contributed by atoms with Crippen molar-refractivity contribution in [2.45, 2.75) is 50.1 Å². The summed E-state index contributed by atoms with van der Waals surface area (Å²) in [5, 5.41) is 3.67. The van der Waals surface area contributed by atoms with Crippen LogP contribution in [0.2, 0.25) is 0 Å². The highest BCUT2D eigenvalue weighted by Gasteiger charge is 2.24. The smallest absolute Gasteiger partial charge is 0.0498 e. The highest BCUT2D eigenvalue weighted by Crippen LogP contribution is 2.30. The van der Waals surface area contributed by atoms with E-state index in [4.69, 9.17) is 0 Å². The van der Waals surface area contributed by atoms with Crippen LogP contribution in [0, 0.1) is 5.92 Å². The first-order valence-corrected chi connectivity index (χ1v) is 8.33. The van der Waals surface area contributed by atoms with Crippen LogP contribution in [0.5, 0.6) is 0 Å². The predicted octanol–water partition coefficient (Wildman–Crippen LogP) is 3.26. The maximum atomic E-state index is 11.3. The topological polar surface area (TPSA) is 29.1 Å². The molecule has 0 radical (unpaired) electrons. The summed E-state index contributed by atoms with van der Waals surface area (Å²) in [6, 6.07) is 9.06. The second-order valence-corrected chi connectivity index (χ2v) is 6.77. The first-order valence-electron chi connectivity index (χ1n) is 6.77. The molecule has 0 amide bonds. The Hall–Kier alpha value is -0.670. The third-order valence-electron chi connectivity index (χ3n) is 4.08. The summed E-state index contributed by atoms with van der Waals surface area (Å²) in [6.45, 7) is 4.49. The van der Waals surface area contributed by atoms with E-state index in [1.54, 1.807) is 6.26 Å². The van der Waals surface area contributed by atoms with Crippen molar-refractivity contribution in [3.8, 4) is 0 Å². The maximum absolute atomic E-state index is 11.3. The fourth-order valence-corrected chi connectivity index (χ4v) is 3.03. The molecule has 0 bridgehead atoms. The van der Waals surface area contributed by atoms with Crippen molar-refractivity contribution in [1.82, 2.24) is 5.32 Å². The summed E-state index contributed by atoms with van der Waals surface area (Å²) in [4.78, 5) is 0.901. The van der Waals surface area contributed by atoms with Gasteiger partial charge in [-0.25, -0.2) is 0 Å². The van der Waals surface area contributed by atoms with E-state index in [0.29, 0.717) is 12.1 Å². The number of rotatable bonds is 5. The number of benzene rings is 1. The van der Waals surface area contributed by atoms with Gasteiger partial charge in [-0.1, -0.05) is 18.6 Å². The van der Waals surface area contributed by atoms with E-state index in [9.17, 15) is 4.21 Å². The molecule has 1 saturated carbocycles. The fourth-order valence-electron chi connectivity index (χ4n) is 2.51. The number of hydrogen-bond donors (Lipinski definition) is 1. The lowest BCUT2D eigenvalue weighted by atomic mass is 9.80. The molecule has 1 N–H and O–H groups in total. The summed E-state index contributed by atoms with van der Waals surface area (Å²) in [5.41, 5.74) is 1.27. The largest absolute Gasteiger partial charge is 0.307 e. The Labute approximate surface area is 113 Å². The number of nitrogens with one attached hydrogen (secondary N) is 1. The zero-order chi connectivity index (χ0) is 13.1. The molecule has 1 fully saturated rings. The summed E-state index contributed by atoms with van der Waals surface area (Å²) >= 11 is 0. The molecule has 1 aliphatic carbocycles. The molecule has 0 unspecified atom stereocenters. The average molecular weight is 265 g/mol. The Morgan fingerprint density at radius 1 is 1.22 bits per heavy atom. The molecule has 2 rings (SSSR count). The minimum atomic E-state index is -0.881. The zero-order valence-corrected chi connectivity index (χ0v) is 12.3. The summed E-state index contributed by atoms with van der Waals surface area (Å²) in [6.07, 6.45) is 5.85. The van der Waals surface area contributed by atoms with Crippen LogP contribution in [0.4, 0.5) is 0 Å². The SMILES string of the molecule is C[C@H](N[C@@H](C)C1CCC1)c1ccc([S@](C)=O)cc1. The first-order chi connectivity index (χ1) is 8.58. The van der Waals surface area contributed by atoms with Gasteiger partial charge in [-0.3, -0.25) is 4.21 Å². The standard InChI is InChI=1S/C15H23NOS/c1-11(13-5-4-6-13)16-12(2)14-7-9-15(10-8-14)18(3)17/h7-13,16H,4-6H2,1-3H3/t11-,12-,18-/m0/s1. The van der Waals surface area contributed by atoms with Crippen molar-refractivity contribution in [1.29, 1.82) is 0 Å². The highest BCUT2D eigenvalue weighted by molar-refractivity contribution is 7.84. The fraction of sp³-hybridized carbons (Fsp3) is 0.600. The van der Waals surface area contributed by atoms with Gasteiger partial charge in [0.15, 0.2) is 0 Å². The van der Waals surface area contributed by atoms with Gasteiger partial charge in [0.1, 0.15) is 0 Å². The van der Waals surface area contributed by atoms with Crippen LogP contribution < -0.4 is 5.32 Å². The quantitative estimate of drug-likeness (QED) is 0.885. The van der Waals surface area contributed by atoms with Gasteiger partial charge in [0.2, 0.25) is 0 Å². The van der Waals surface area contributed by atoms with E-state index < -0.39 is 10.8 Å². The predicted molar refractivity (Wildman–Crippen MR) is 77.1 cm³/mol. The third-order valence-corrected chi connectivity index (χ3v) is 5.02.